The summed E-state index contributed by atoms with van der Waals surface area (Å²) in [5, 5.41) is 3.31. The molecule has 0 spiro atoms. The number of carbonyl (C=O) groups excluding carboxylic acids is 1. The smallest absolute Gasteiger partial charge is 0.339 e. The molecule has 0 atom stereocenters. The number of esters is 1. The van der Waals surface area contributed by atoms with Crippen molar-refractivity contribution < 1.29 is 14.3 Å². The van der Waals surface area contributed by atoms with Crippen molar-refractivity contribution in [2.24, 2.45) is 0 Å². The van der Waals surface area contributed by atoms with E-state index in [2.05, 4.69) is 17.1 Å². The van der Waals surface area contributed by atoms with E-state index in [9.17, 15) is 4.79 Å². The molecule has 20 heavy (non-hydrogen) atoms. The van der Waals surface area contributed by atoms with Gasteiger partial charge in [0, 0.05) is 32.2 Å². The minimum atomic E-state index is -0.305. The largest absolute Gasteiger partial charge is 0.494 e. The third-order valence-electron chi connectivity index (χ3n) is 3.31. The number of benzene rings is 1. The van der Waals surface area contributed by atoms with Crippen LogP contribution in [0.4, 0.5) is 5.69 Å². The Morgan fingerprint density at radius 1 is 1.35 bits per heavy atom. The molecule has 0 aliphatic carbocycles. The van der Waals surface area contributed by atoms with Gasteiger partial charge in [-0.2, -0.15) is 0 Å². The summed E-state index contributed by atoms with van der Waals surface area (Å²) in [6.07, 6.45) is 0.960. The third kappa shape index (κ3) is 3.42. The van der Waals surface area contributed by atoms with E-state index in [1.165, 1.54) is 7.11 Å². The molecule has 0 amide bonds. The molecule has 1 aromatic carbocycles. The highest BCUT2D eigenvalue weighted by Crippen LogP contribution is 2.27. The van der Waals surface area contributed by atoms with Gasteiger partial charge in [-0.15, -0.1) is 0 Å². The van der Waals surface area contributed by atoms with Gasteiger partial charge < -0.3 is 19.7 Å². The summed E-state index contributed by atoms with van der Waals surface area (Å²) in [4.78, 5) is 14.1. The standard InChI is InChI=1S/C15H22N2O3/c1-3-10-20-12-4-5-13(15(18)19-2)14(11-12)17-8-6-16-7-9-17/h4-5,11,16H,3,6-10H2,1-2H3. The number of anilines is 1. The van der Waals surface area contributed by atoms with E-state index in [1.807, 2.05) is 12.1 Å². The van der Waals surface area contributed by atoms with Crippen LogP contribution < -0.4 is 15.0 Å². The molecule has 1 aliphatic heterocycles. The van der Waals surface area contributed by atoms with Gasteiger partial charge in [0.05, 0.1) is 25.0 Å². The molecule has 0 unspecified atom stereocenters. The van der Waals surface area contributed by atoms with E-state index in [0.29, 0.717) is 12.2 Å². The quantitative estimate of drug-likeness (QED) is 0.830. The highest BCUT2D eigenvalue weighted by molar-refractivity contribution is 5.96. The maximum absolute atomic E-state index is 11.9. The number of hydrogen-bond acceptors (Lipinski definition) is 5. The van der Waals surface area contributed by atoms with Crippen molar-refractivity contribution >= 4 is 11.7 Å². The predicted molar refractivity (Wildman–Crippen MR) is 78.7 cm³/mol. The molecule has 0 saturated carbocycles. The van der Waals surface area contributed by atoms with Gasteiger partial charge in [0.2, 0.25) is 0 Å². The molecule has 0 bridgehead atoms. The lowest BCUT2D eigenvalue weighted by Gasteiger charge is -2.31. The van der Waals surface area contributed by atoms with Crippen LogP contribution in [0.2, 0.25) is 0 Å². The minimum Gasteiger partial charge on any atom is -0.494 e. The fourth-order valence-corrected chi connectivity index (χ4v) is 2.27. The van der Waals surface area contributed by atoms with E-state index in [-0.39, 0.29) is 5.97 Å². The summed E-state index contributed by atoms with van der Waals surface area (Å²) >= 11 is 0. The molecule has 5 heteroatoms. The first-order valence-corrected chi connectivity index (χ1v) is 7.07. The van der Waals surface area contributed by atoms with E-state index < -0.39 is 0 Å². The number of carbonyl (C=O) groups is 1. The van der Waals surface area contributed by atoms with Gasteiger partial charge in [0.1, 0.15) is 5.75 Å². The molecule has 1 fully saturated rings. The molecule has 0 radical (unpaired) electrons. The first kappa shape index (κ1) is 14.7. The Labute approximate surface area is 119 Å². The monoisotopic (exact) mass is 278 g/mol. The molecule has 1 N–H and O–H groups in total. The summed E-state index contributed by atoms with van der Waals surface area (Å²) in [6.45, 7) is 6.34. The molecular weight excluding hydrogens is 256 g/mol. The van der Waals surface area contributed by atoms with Crippen LogP contribution in [0.1, 0.15) is 23.7 Å². The average molecular weight is 278 g/mol. The second-order valence-corrected chi connectivity index (χ2v) is 4.76. The molecule has 2 rings (SSSR count). The van der Waals surface area contributed by atoms with Crippen LogP contribution in [0.15, 0.2) is 18.2 Å². The van der Waals surface area contributed by atoms with Crippen LogP contribution in [0.25, 0.3) is 0 Å². The zero-order valence-electron chi connectivity index (χ0n) is 12.1. The van der Waals surface area contributed by atoms with E-state index >= 15 is 0 Å². The van der Waals surface area contributed by atoms with Gasteiger partial charge in [0.25, 0.3) is 0 Å². The maximum atomic E-state index is 11.9. The van der Waals surface area contributed by atoms with Crippen molar-refractivity contribution in [1.29, 1.82) is 0 Å². The van der Waals surface area contributed by atoms with E-state index in [1.54, 1.807) is 6.07 Å². The number of piperazine rings is 1. The molecule has 1 saturated heterocycles. The number of nitrogens with zero attached hydrogens (tertiary/aromatic N) is 1. The van der Waals surface area contributed by atoms with E-state index in [4.69, 9.17) is 9.47 Å². The SMILES string of the molecule is CCCOc1ccc(C(=O)OC)c(N2CCNCC2)c1. The van der Waals surface area contributed by atoms with Gasteiger partial charge >= 0.3 is 5.97 Å². The Hall–Kier alpha value is -1.75. The third-order valence-corrected chi connectivity index (χ3v) is 3.31. The zero-order chi connectivity index (χ0) is 14.4. The molecule has 1 aromatic rings. The molecule has 5 nitrogen and oxygen atoms in total. The Kier molecular flexibility index (Phi) is 5.24. The molecule has 110 valence electrons. The Balaban J connectivity index is 2.28. The van der Waals surface area contributed by atoms with Gasteiger partial charge in [-0.1, -0.05) is 6.92 Å². The lowest BCUT2D eigenvalue weighted by Crippen LogP contribution is -2.44. The van der Waals surface area contributed by atoms with Crippen molar-refractivity contribution in [2.45, 2.75) is 13.3 Å². The van der Waals surface area contributed by atoms with Crippen molar-refractivity contribution in [3.63, 3.8) is 0 Å². The molecular formula is C15H22N2O3. The number of hydrogen-bond donors (Lipinski definition) is 1. The first-order valence-electron chi connectivity index (χ1n) is 7.07. The van der Waals surface area contributed by atoms with Crippen LogP contribution in [-0.4, -0.2) is 45.9 Å². The van der Waals surface area contributed by atoms with Gasteiger partial charge in [0.15, 0.2) is 0 Å². The van der Waals surface area contributed by atoms with Crippen molar-refractivity contribution in [3.05, 3.63) is 23.8 Å². The van der Waals surface area contributed by atoms with Crippen LogP contribution in [0, 0.1) is 0 Å². The molecule has 1 heterocycles. The molecule has 0 aromatic heterocycles. The fraction of sp³-hybridized carbons (Fsp3) is 0.533. The van der Waals surface area contributed by atoms with Crippen molar-refractivity contribution in [2.75, 3.05) is 44.8 Å². The number of rotatable bonds is 5. The number of nitrogens with one attached hydrogen (secondary N) is 1. The van der Waals surface area contributed by atoms with Gasteiger partial charge in [-0.3, -0.25) is 0 Å². The number of methoxy groups -OCH3 is 1. The van der Waals surface area contributed by atoms with E-state index in [0.717, 1.165) is 44.0 Å². The van der Waals surface area contributed by atoms with Crippen molar-refractivity contribution in [3.8, 4) is 5.75 Å². The Bertz CT molecular complexity index is 456. The summed E-state index contributed by atoms with van der Waals surface area (Å²) in [6, 6.07) is 5.55. The average Bonchev–Trinajstić information content (AvgIpc) is 2.52. The summed E-state index contributed by atoms with van der Waals surface area (Å²) in [5.41, 5.74) is 1.49. The second kappa shape index (κ2) is 7.14. The van der Waals surface area contributed by atoms with Crippen LogP contribution in [0.5, 0.6) is 5.75 Å². The van der Waals surface area contributed by atoms with Crippen molar-refractivity contribution in [1.82, 2.24) is 5.32 Å². The molecule has 1 aliphatic rings. The Morgan fingerprint density at radius 2 is 2.10 bits per heavy atom. The van der Waals surface area contributed by atoms with Gasteiger partial charge in [-0.05, 0) is 18.6 Å². The summed E-state index contributed by atoms with van der Waals surface area (Å²) in [5.74, 6) is 0.494. The summed E-state index contributed by atoms with van der Waals surface area (Å²) < 4.78 is 10.5. The second-order valence-electron chi connectivity index (χ2n) is 4.76. The first-order chi connectivity index (χ1) is 9.76. The van der Waals surface area contributed by atoms with Crippen LogP contribution in [-0.2, 0) is 4.74 Å². The predicted octanol–water partition coefficient (Wildman–Crippen LogP) is 1.67. The summed E-state index contributed by atoms with van der Waals surface area (Å²) in [7, 11) is 1.41. The highest BCUT2D eigenvalue weighted by atomic mass is 16.5. The van der Waals surface area contributed by atoms with Crippen LogP contribution in [0.3, 0.4) is 0 Å². The van der Waals surface area contributed by atoms with Crippen LogP contribution >= 0.6 is 0 Å². The van der Waals surface area contributed by atoms with Gasteiger partial charge in [-0.25, -0.2) is 4.79 Å². The topological polar surface area (TPSA) is 50.8 Å². The minimum absolute atomic E-state index is 0.305. The maximum Gasteiger partial charge on any atom is 0.339 e. The lowest BCUT2D eigenvalue weighted by atomic mass is 10.1. The zero-order valence-corrected chi connectivity index (χ0v) is 12.1. The lowest BCUT2D eigenvalue weighted by molar-refractivity contribution is 0.0601. The number of ether oxygens (including phenoxy) is 2. The fourth-order valence-electron chi connectivity index (χ4n) is 2.27. The highest BCUT2D eigenvalue weighted by Gasteiger charge is 2.19. The Morgan fingerprint density at radius 3 is 2.75 bits per heavy atom. The normalized spacial score (nSPS) is 15.0.